The Morgan fingerprint density at radius 2 is 2.00 bits per heavy atom. The molecule has 5 heteroatoms. The Bertz CT molecular complexity index is 130. The molecule has 0 amide bonds. The molecule has 0 saturated heterocycles. The zero-order valence-corrected chi connectivity index (χ0v) is 6.26. The lowest BCUT2D eigenvalue weighted by Gasteiger charge is -2.10. The summed E-state index contributed by atoms with van der Waals surface area (Å²) < 4.78 is 34.6. The summed E-state index contributed by atoms with van der Waals surface area (Å²) in [5.74, 6) is 0. The van der Waals surface area contributed by atoms with E-state index in [0.29, 0.717) is 12.2 Å². The highest BCUT2D eigenvalue weighted by molar-refractivity contribution is 4.93. The van der Waals surface area contributed by atoms with Crippen LogP contribution in [0.5, 0.6) is 0 Å². The Labute approximate surface area is 63.5 Å². The van der Waals surface area contributed by atoms with E-state index in [2.05, 4.69) is 17.2 Å². The van der Waals surface area contributed by atoms with Gasteiger partial charge in [0.05, 0.1) is 0 Å². The number of alkyl halides is 3. The lowest BCUT2D eigenvalue weighted by Crippen LogP contribution is -2.31. The van der Waals surface area contributed by atoms with Gasteiger partial charge in [0.2, 0.25) is 0 Å². The van der Waals surface area contributed by atoms with Crippen molar-refractivity contribution in [3.8, 4) is 0 Å². The number of nitrogens with one attached hydrogen (secondary N) is 2. The average Bonchev–Trinajstić information content (AvgIpc) is 1.83. The molecule has 11 heavy (non-hydrogen) atoms. The van der Waals surface area contributed by atoms with Crippen LogP contribution in [0.2, 0.25) is 0 Å². The molecular formula is C6H11F3N2. The SMILES string of the molecule is C=C(CNC)NCC(F)(F)F. The fourth-order valence-electron chi connectivity index (χ4n) is 0.501. The molecule has 0 radical (unpaired) electrons. The van der Waals surface area contributed by atoms with Crippen molar-refractivity contribution in [1.29, 1.82) is 0 Å². The molecule has 66 valence electrons. The summed E-state index contributed by atoms with van der Waals surface area (Å²) >= 11 is 0. The number of hydrogen-bond acceptors (Lipinski definition) is 2. The zero-order valence-electron chi connectivity index (χ0n) is 6.26. The Morgan fingerprint density at radius 1 is 1.45 bits per heavy atom. The summed E-state index contributed by atoms with van der Waals surface area (Å²) in [5, 5.41) is 4.82. The van der Waals surface area contributed by atoms with Crippen LogP contribution in [0.15, 0.2) is 12.3 Å². The molecule has 0 heterocycles. The molecule has 2 nitrogen and oxygen atoms in total. The van der Waals surface area contributed by atoms with Crippen LogP contribution < -0.4 is 10.6 Å². The number of rotatable bonds is 4. The molecule has 0 spiro atoms. The first kappa shape index (κ1) is 10.3. The van der Waals surface area contributed by atoms with Gasteiger partial charge in [-0.1, -0.05) is 6.58 Å². The second-order valence-corrected chi connectivity index (χ2v) is 2.10. The van der Waals surface area contributed by atoms with Crippen molar-refractivity contribution in [2.75, 3.05) is 20.1 Å². The number of hydrogen-bond donors (Lipinski definition) is 2. The van der Waals surface area contributed by atoms with Gasteiger partial charge < -0.3 is 10.6 Å². The molecule has 0 aliphatic rings. The maximum absolute atomic E-state index is 11.5. The largest absolute Gasteiger partial charge is 0.405 e. The summed E-state index contributed by atoms with van der Waals surface area (Å²) in [7, 11) is 1.64. The second kappa shape index (κ2) is 4.23. The third kappa shape index (κ3) is 7.18. The minimum absolute atomic E-state index is 0.338. The van der Waals surface area contributed by atoms with E-state index in [0.717, 1.165) is 0 Å². The summed E-state index contributed by atoms with van der Waals surface area (Å²) in [4.78, 5) is 0. The predicted molar refractivity (Wildman–Crippen MR) is 37.1 cm³/mol. The van der Waals surface area contributed by atoms with Gasteiger partial charge >= 0.3 is 6.18 Å². The van der Waals surface area contributed by atoms with Crippen LogP contribution in [0, 0.1) is 0 Å². The van der Waals surface area contributed by atoms with Crippen LogP contribution in [-0.4, -0.2) is 26.3 Å². The fraction of sp³-hybridized carbons (Fsp3) is 0.667. The maximum Gasteiger partial charge on any atom is 0.405 e. The highest BCUT2D eigenvalue weighted by Gasteiger charge is 2.26. The Hall–Kier alpha value is -0.710. The lowest BCUT2D eigenvalue weighted by molar-refractivity contribution is -0.123. The topological polar surface area (TPSA) is 24.1 Å². The molecule has 0 saturated carbocycles. The van der Waals surface area contributed by atoms with Crippen LogP contribution in [-0.2, 0) is 0 Å². The van der Waals surface area contributed by atoms with E-state index in [1.165, 1.54) is 0 Å². The van der Waals surface area contributed by atoms with Crippen molar-refractivity contribution in [1.82, 2.24) is 10.6 Å². The van der Waals surface area contributed by atoms with Crippen molar-refractivity contribution >= 4 is 0 Å². The standard InChI is InChI=1S/C6H11F3N2/c1-5(3-10-2)11-4-6(7,8)9/h10-11H,1,3-4H2,2H3. The molecule has 0 unspecified atom stereocenters. The maximum atomic E-state index is 11.5. The summed E-state index contributed by atoms with van der Waals surface area (Å²) in [6.45, 7) is 2.70. The minimum Gasteiger partial charge on any atom is -0.379 e. The third-order valence-corrected chi connectivity index (χ3v) is 0.929. The van der Waals surface area contributed by atoms with Gasteiger partial charge in [-0.2, -0.15) is 13.2 Å². The Balaban J connectivity index is 3.46. The second-order valence-electron chi connectivity index (χ2n) is 2.10. The molecule has 0 bridgehead atoms. The van der Waals surface area contributed by atoms with Crippen molar-refractivity contribution < 1.29 is 13.2 Å². The van der Waals surface area contributed by atoms with E-state index in [4.69, 9.17) is 0 Å². The van der Waals surface area contributed by atoms with Gasteiger partial charge in [0.15, 0.2) is 0 Å². The molecule has 2 N–H and O–H groups in total. The number of likely N-dealkylation sites (N-methyl/N-ethyl adjacent to an activating group) is 1. The summed E-state index contributed by atoms with van der Waals surface area (Å²) in [6.07, 6.45) is -4.17. The molecule has 0 aliphatic carbocycles. The Morgan fingerprint density at radius 3 is 2.36 bits per heavy atom. The van der Waals surface area contributed by atoms with Crippen molar-refractivity contribution in [3.05, 3.63) is 12.3 Å². The van der Waals surface area contributed by atoms with Gasteiger partial charge in [-0.3, -0.25) is 0 Å². The first-order valence-corrected chi connectivity index (χ1v) is 3.08. The van der Waals surface area contributed by atoms with E-state index in [1.54, 1.807) is 7.05 Å². The first-order chi connectivity index (χ1) is 4.95. The van der Waals surface area contributed by atoms with Gasteiger partial charge in [0, 0.05) is 12.2 Å². The van der Waals surface area contributed by atoms with Crippen LogP contribution >= 0.6 is 0 Å². The molecule has 0 aromatic rings. The quantitative estimate of drug-likeness (QED) is 0.651. The molecule has 0 atom stereocenters. The molecule has 0 rings (SSSR count). The van der Waals surface area contributed by atoms with Gasteiger partial charge in [-0.25, -0.2) is 0 Å². The predicted octanol–water partition coefficient (Wildman–Crippen LogP) is 0.871. The molecular weight excluding hydrogens is 157 g/mol. The van der Waals surface area contributed by atoms with Crippen LogP contribution in [0.1, 0.15) is 0 Å². The minimum atomic E-state index is -4.17. The van der Waals surface area contributed by atoms with Gasteiger partial charge in [-0.05, 0) is 7.05 Å². The van der Waals surface area contributed by atoms with Crippen LogP contribution in [0.3, 0.4) is 0 Å². The third-order valence-electron chi connectivity index (χ3n) is 0.929. The smallest absolute Gasteiger partial charge is 0.379 e. The van der Waals surface area contributed by atoms with Gasteiger partial charge in [0.1, 0.15) is 6.54 Å². The molecule has 0 fully saturated rings. The van der Waals surface area contributed by atoms with E-state index in [9.17, 15) is 13.2 Å². The van der Waals surface area contributed by atoms with Crippen molar-refractivity contribution in [2.24, 2.45) is 0 Å². The van der Waals surface area contributed by atoms with Crippen LogP contribution in [0.4, 0.5) is 13.2 Å². The van der Waals surface area contributed by atoms with E-state index in [1.807, 2.05) is 0 Å². The number of halogens is 3. The lowest BCUT2D eigenvalue weighted by atomic mass is 10.4. The first-order valence-electron chi connectivity index (χ1n) is 3.08. The Kier molecular flexibility index (Phi) is 3.95. The van der Waals surface area contributed by atoms with E-state index >= 15 is 0 Å². The van der Waals surface area contributed by atoms with Crippen molar-refractivity contribution in [3.63, 3.8) is 0 Å². The normalized spacial score (nSPS) is 11.3. The molecule has 0 aromatic carbocycles. The van der Waals surface area contributed by atoms with E-state index < -0.39 is 12.7 Å². The summed E-state index contributed by atoms with van der Waals surface area (Å²) in [6, 6.07) is 0. The van der Waals surface area contributed by atoms with Crippen LogP contribution in [0.25, 0.3) is 0 Å². The van der Waals surface area contributed by atoms with E-state index in [-0.39, 0.29) is 0 Å². The summed E-state index contributed by atoms with van der Waals surface area (Å²) in [5.41, 5.74) is 0.338. The van der Waals surface area contributed by atoms with Gasteiger partial charge in [0.25, 0.3) is 0 Å². The fourth-order valence-corrected chi connectivity index (χ4v) is 0.501. The monoisotopic (exact) mass is 168 g/mol. The average molecular weight is 168 g/mol. The molecule has 0 aromatic heterocycles. The van der Waals surface area contributed by atoms with Crippen molar-refractivity contribution in [2.45, 2.75) is 6.18 Å². The zero-order chi connectivity index (χ0) is 8.91. The van der Waals surface area contributed by atoms with Gasteiger partial charge in [-0.15, -0.1) is 0 Å². The highest BCUT2D eigenvalue weighted by Crippen LogP contribution is 2.12. The molecule has 0 aliphatic heterocycles. The highest BCUT2D eigenvalue weighted by atomic mass is 19.4.